The summed E-state index contributed by atoms with van der Waals surface area (Å²) in [7, 11) is 3.67. The molecule has 0 aromatic heterocycles. The van der Waals surface area contributed by atoms with Gasteiger partial charge in [-0.3, -0.25) is 0 Å². The van der Waals surface area contributed by atoms with E-state index >= 15 is 0 Å². The number of ether oxygens (including phenoxy) is 2. The molecular weight excluding hydrogens is 214 g/mol. The van der Waals surface area contributed by atoms with Crippen LogP contribution in [0.15, 0.2) is 24.3 Å². The van der Waals surface area contributed by atoms with E-state index in [1.165, 1.54) is 5.56 Å². The Labute approximate surface area is 104 Å². The summed E-state index contributed by atoms with van der Waals surface area (Å²) in [6, 6.07) is 8.49. The molecule has 0 aliphatic rings. The molecule has 96 valence electrons. The molecule has 3 heteroatoms. The maximum atomic E-state index is 5.52. The van der Waals surface area contributed by atoms with E-state index in [1.54, 1.807) is 7.11 Å². The molecule has 1 unspecified atom stereocenters. The molecule has 1 rings (SSSR count). The van der Waals surface area contributed by atoms with E-state index in [0.717, 1.165) is 31.8 Å². The van der Waals surface area contributed by atoms with E-state index in [9.17, 15) is 0 Å². The molecule has 1 atom stereocenters. The Kier molecular flexibility index (Phi) is 6.67. The van der Waals surface area contributed by atoms with Gasteiger partial charge in [-0.05, 0) is 37.6 Å². The molecule has 3 nitrogen and oxygen atoms in total. The minimum absolute atomic E-state index is 0.321. The fourth-order valence-electron chi connectivity index (χ4n) is 1.78. The van der Waals surface area contributed by atoms with Crippen molar-refractivity contribution < 1.29 is 9.47 Å². The van der Waals surface area contributed by atoms with Crippen LogP contribution in [0.2, 0.25) is 0 Å². The third kappa shape index (κ3) is 4.75. The van der Waals surface area contributed by atoms with Gasteiger partial charge < -0.3 is 14.8 Å². The van der Waals surface area contributed by atoms with Crippen LogP contribution in [0.25, 0.3) is 0 Å². The highest BCUT2D eigenvalue weighted by atomic mass is 16.5. The first-order valence-corrected chi connectivity index (χ1v) is 6.20. The van der Waals surface area contributed by atoms with Crippen molar-refractivity contribution in [2.24, 2.45) is 0 Å². The van der Waals surface area contributed by atoms with Crippen LogP contribution < -0.4 is 10.1 Å². The topological polar surface area (TPSA) is 30.5 Å². The fraction of sp³-hybridized carbons (Fsp3) is 0.571. The van der Waals surface area contributed by atoms with Crippen molar-refractivity contribution in [1.29, 1.82) is 0 Å². The zero-order chi connectivity index (χ0) is 12.5. The van der Waals surface area contributed by atoms with Gasteiger partial charge in [-0.15, -0.1) is 0 Å². The SMILES string of the molecule is CCCOCCC(NC)c1cccc(OC)c1. The lowest BCUT2D eigenvalue weighted by molar-refractivity contribution is 0.125. The molecule has 0 saturated heterocycles. The van der Waals surface area contributed by atoms with Gasteiger partial charge in [-0.25, -0.2) is 0 Å². The predicted molar refractivity (Wildman–Crippen MR) is 70.5 cm³/mol. The molecule has 0 aliphatic heterocycles. The summed E-state index contributed by atoms with van der Waals surface area (Å²) >= 11 is 0. The lowest BCUT2D eigenvalue weighted by atomic mass is 10.0. The number of hydrogen-bond acceptors (Lipinski definition) is 3. The van der Waals surface area contributed by atoms with Crippen molar-refractivity contribution in [2.75, 3.05) is 27.4 Å². The van der Waals surface area contributed by atoms with Crippen LogP contribution in [0.3, 0.4) is 0 Å². The van der Waals surface area contributed by atoms with Crippen LogP contribution in [0.4, 0.5) is 0 Å². The molecule has 1 aromatic carbocycles. The first kappa shape index (κ1) is 14.0. The Bertz CT molecular complexity index is 315. The minimum Gasteiger partial charge on any atom is -0.497 e. The van der Waals surface area contributed by atoms with Gasteiger partial charge in [0.05, 0.1) is 7.11 Å². The summed E-state index contributed by atoms with van der Waals surface area (Å²) in [5.74, 6) is 0.900. The van der Waals surface area contributed by atoms with Crippen molar-refractivity contribution in [1.82, 2.24) is 5.32 Å². The largest absolute Gasteiger partial charge is 0.497 e. The van der Waals surface area contributed by atoms with Crippen LogP contribution >= 0.6 is 0 Å². The van der Waals surface area contributed by atoms with Gasteiger partial charge in [0.25, 0.3) is 0 Å². The second-order valence-electron chi connectivity index (χ2n) is 4.02. The van der Waals surface area contributed by atoms with Crippen molar-refractivity contribution in [3.05, 3.63) is 29.8 Å². The van der Waals surface area contributed by atoms with Crippen LogP contribution in [0.5, 0.6) is 5.75 Å². The maximum Gasteiger partial charge on any atom is 0.119 e. The molecule has 0 saturated carbocycles. The fourth-order valence-corrected chi connectivity index (χ4v) is 1.78. The highest BCUT2D eigenvalue weighted by Gasteiger charge is 2.09. The predicted octanol–water partition coefficient (Wildman–Crippen LogP) is 2.77. The molecule has 1 aromatic rings. The van der Waals surface area contributed by atoms with E-state index in [0.29, 0.717) is 6.04 Å². The average molecular weight is 237 g/mol. The minimum atomic E-state index is 0.321. The van der Waals surface area contributed by atoms with Crippen molar-refractivity contribution >= 4 is 0 Å². The second kappa shape index (κ2) is 8.09. The Morgan fingerprint density at radius 1 is 1.29 bits per heavy atom. The third-order valence-corrected chi connectivity index (χ3v) is 2.74. The Morgan fingerprint density at radius 2 is 2.12 bits per heavy atom. The molecule has 0 spiro atoms. The van der Waals surface area contributed by atoms with Crippen molar-refractivity contribution in [3.63, 3.8) is 0 Å². The first-order chi connectivity index (χ1) is 8.31. The molecule has 0 aliphatic carbocycles. The maximum absolute atomic E-state index is 5.52. The number of benzene rings is 1. The van der Waals surface area contributed by atoms with Gasteiger partial charge in [0, 0.05) is 19.3 Å². The Hall–Kier alpha value is -1.06. The highest BCUT2D eigenvalue weighted by Crippen LogP contribution is 2.21. The monoisotopic (exact) mass is 237 g/mol. The summed E-state index contributed by atoms with van der Waals surface area (Å²) in [4.78, 5) is 0. The van der Waals surface area contributed by atoms with Crippen LogP contribution in [0, 0.1) is 0 Å². The van der Waals surface area contributed by atoms with Crippen molar-refractivity contribution in [3.8, 4) is 5.75 Å². The third-order valence-electron chi connectivity index (χ3n) is 2.74. The van der Waals surface area contributed by atoms with Crippen LogP contribution in [0.1, 0.15) is 31.4 Å². The van der Waals surface area contributed by atoms with Gasteiger partial charge in [0.2, 0.25) is 0 Å². The summed E-state index contributed by atoms with van der Waals surface area (Å²) in [5, 5.41) is 3.31. The van der Waals surface area contributed by atoms with Gasteiger partial charge in [0.15, 0.2) is 0 Å². The summed E-state index contributed by atoms with van der Waals surface area (Å²) < 4.78 is 10.8. The van der Waals surface area contributed by atoms with Gasteiger partial charge in [0.1, 0.15) is 5.75 Å². The summed E-state index contributed by atoms with van der Waals surface area (Å²) in [6.45, 7) is 3.75. The van der Waals surface area contributed by atoms with Crippen LogP contribution in [-0.4, -0.2) is 27.4 Å². The average Bonchev–Trinajstić information content (AvgIpc) is 2.39. The standard InChI is InChI=1S/C14H23NO2/c1-4-9-17-10-8-14(15-2)12-6-5-7-13(11-12)16-3/h5-7,11,14-15H,4,8-10H2,1-3H3. The highest BCUT2D eigenvalue weighted by molar-refractivity contribution is 5.30. The number of hydrogen-bond donors (Lipinski definition) is 1. The normalized spacial score (nSPS) is 12.4. The number of nitrogens with one attached hydrogen (secondary N) is 1. The van der Waals surface area contributed by atoms with E-state index in [1.807, 2.05) is 19.2 Å². The van der Waals surface area contributed by atoms with Gasteiger partial charge in [-0.2, -0.15) is 0 Å². The Morgan fingerprint density at radius 3 is 2.76 bits per heavy atom. The zero-order valence-electron chi connectivity index (χ0n) is 11.0. The molecule has 1 N–H and O–H groups in total. The van der Waals surface area contributed by atoms with E-state index in [2.05, 4.69) is 24.4 Å². The van der Waals surface area contributed by atoms with Crippen LogP contribution in [-0.2, 0) is 4.74 Å². The first-order valence-electron chi connectivity index (χ1n) is 6.20. The summed E-state index contributed by atoms with van der Waals surface area (Å²) in [5.41, 5.74) is 1.24. The van der Waals surface area contributed by atoms with Gasteiger partial charge in [-0.1, -0.05) is 19.1 Å². The quantitative estimate of drug-likeness (QED) is 0.705. The van der Waals surface area contributed by atoms with Gasteiger partial charge >= 0.3 is 0 Å². The smallest absolute Gasteiger partial charge is 0.119 e. The number of methoxy groups -OCH3 is 1. The van der Waals surface area contributed by atoms with E-state index in [4.69, 9.17) is 9.47 Å². The molecule has 0 radical (unpaired) electrons. The molecule has 0 heterocycles. The van der Waals surface area contributed by atoms with E-state index in [-0.39, 0.29) is 0 Å². The summed E-state index contributed by atoms with van der Waals surface area (Å²) in [6.07, 6.45) is 2.05. The molecule has 0 amide bonds. The lowest BCUT2D eigenvalue weighted by Gasteiger charge is -2.17. The zero-order valence-corrected chi connectivity index (χ0v) is 11.0. The number of rotatable bonds is 8. The molecule has 17 heavy (non-hydrogen) atoms. The molecule has 0 bridgehead atoms. The second-order valence-corrected chi connectivity index (χ2v) is 4.02. The molecular formula is C14H23NO2. The van der Waals surface area contributed by atoms with Crippen molar-refractivity contribution in [2.45, 2.75) is 25.8 Å². The van der Waals surface area contributed by atoms with E-state index < -0.39 is 0 Å². The Balaban J connectivity index is 2.53. The lowest BCUT2D eigenvalue weighted by Crippen LogP contribution is -2.18. The molecule has 0 fully saturated rings.